The summed E-state index contributed by atoms with van der Waals surface area (Å²) < 4.78 is 0. The third-order valence-electron chi connectivity index (χ3n) is 7.53. The van der Waals surface area contributed by atoms with Crippen LogP contribution in [-0.4, -0.2) is 41.7 Å². The monoisotopic (exact) mass is 411 g/mol. The molecule has 3 N–H and O–H groups in total. The Morgan fingerprint density at radius 3 is 2.50 bits per heavy atom. The van der Waals surface area contributed by atoms with Crippen LogP contribution in [0.25, 0.3) is 10.9 Å². The van der Waals surface area contributed by atoms with Gasteiger partial charge in [0.15, 0.2) is 0 Å². The largest absolute Gasteiger partial charge is 0.394 e. The zero-order chi connectivity index (χ0) is 22.0. The van der Waals surface area contributed by atoms with Crippen LogP contribution in [0.1, 0.15) is 71.1 Å². The number of hydrogen-bond acceptors (Lipinski definition) is 3. The Morgan fingerprint density at radius 1 is 1.20 bits per heavy atom. The van der Waals surface area contributed by atoms with E-state index in [1.165, 1.54) is 22.0 Å². The number of carbonyl (C=O) groups excluding carboxylic acids is 1. The highest BCUT2D eigenvalue weighted by Crippen LogP contribution is 2.51. The molecule has 1 amide bonds. The first kappa shape index (κ1) is 21.2. The molecule has 1 aromatic carbocycles. The van der Waals surface area contributed by atoms with Crippen LogP contribution < -0.4 is 10.2 Å². The second-order valence-corrected chi connectivity index (χ2v) is 11.0. The molecule has 0 spiro atoms. The number of nitrogens with zero attached hydrogens (tertiary/aromatic N) is 1. The van der Waals surface area contributed by atoms with Crippen LogP contribution >= 0.6 is 0 Å². The van der Waals surface area contributed by atoms with E-state index in [9.17, 15) is 9.90 Å². The fourth-order valence-corrected chi connectivity index (χ4v) is 5.72. The summed E-state index contributed by atoms with van der Waals surface area (Å²) in [5, 5.41) is 14.3. The van der Waals surface area contributed by atoms with Gasteiger partial charge in [-0.1, -0.05) is 41.5 Å². The number of amides is 1. The van der Waals surface area contributed by atoms with Gasteiger partial charge in [-0.25, -0.2) is 0 Å². The number of benzene rings is 1. The van der Waals surface area contributed by atoms with Crippen molar-refractivity contribution in [2.24, 2.45) is 5.92 Å². The average Bonchev–Trinajstić information content (AvgIpc) is 3.07. The molecule has 5 nitrogen and oxygen atoms in total. The molecule has 0 saturated carbocycles. The smallest absolute Gasteiger partial charge is 0.243 e. The van der Waals surface area contributed by atoms with Gasteiger partial charge in [-0.2, -0.15) is 0 Å². The fraction of sp³-hybridized carbons (Fsp3) is 0.640. The molecule has 2 heterocycles. The van der Waals surface area contributed by atoms with Gasteiger partial charge < -0.3 is 20.3 Å². The fourth-order valence-electron chi connectivity index (χ4n) is 5.72. The SMILES string of the molecule is CC(C)[C@H]1C(=O)N[C@@H](CO)Cc2c[nH]c3c4c(cc(c23)N1C)C(C)(C)CCC4(C)C. The van der Waals surface area contributed by atoms with E-state index in [0.29, 0.717) is 6.42 Å². The Hall–Kier alpha value is -2.01. The van der Waals surface area contributed by atoms with Crippen molar-refractivity contribution in [3.8, 4) is 0 Å². The quantitative estimate of drug-likeness (QED) is 0.699. The van der Waals surface area contributed by atoms with E-state index >= 15 is 0 Å². The van der Waals surface area contributed by atoms with Crippen LogP contribution in [0.3, 0.4) is 0 Å². The molecule has 2 atom stereocenters. The lowest BCUT2D eigenvalue weighted by Gasteiger charge is -2.43. The maximum absolute atomic E-state index is 13.2. The number of aromatic nitrogens is 1. The Bertz CT molecular complexity index is 986. The lowest BCUT2D eigenvalue weighted by Crippen LogP contribution is -2.52. The zero-order valence-electron chi connectivity index (χ0n) is 19.5. The summed E-state index contributed by atoms with van der Waals surface area (Å²) in [5.74, 6) is 0.136. The zero-order valence-corrected chi connectivity index (χ0v) is 19.5. The molecule has 0 radical (unpaired) electrons. The van der Waals surface area contributed by atoms with Gasteiger partial charge in [-0.15, -0.1) is 0 Å². The predicted molar refractivity (Wildman–Crippen MR) is 123 cm³/mol. The number of nitrogens with one attached hydrogen (secondary N) is 2. The molecule has 0 unspecified atom stereocenters. The van der Waals surface area contributed by atoms with Crippen molar-refractivity contribution >= 4 is 22.5 Å². The minimum absolute atomic E-state index is 0.00820. The van der Waals surface area contributed by atoms with Crippen LogP contribution in [0.5, 0.6) is 0 Å². The minimum Gasteiger partial charge on any atom is -0.394 e. The predicted octanol–water partition coefficient (Wildman–Crippen LogP) is 4.01. The number of H-pyrrole nitrogens is 1. The van der Waals surface area contributed by atoms with E-state index in [1.807, 2.05) is 7.05 Å². The van der Waals surface area contributed by atoms with Crippen LogP contribution in [0.15, 0.2) is 12.3 Å². The summed E-state index contributed by atoms with van der Waals surface area (Å²) >= 11 is 0. The molecule has 1 aromatic heterocycles. The van der Waals surface area contributed by atoms with Crippen LogP contribution in [0.2, 0.25) is 0 Å². The first-order chi connectivity index (χ1) is 14.0. The van der Waals surface area contributed by atoms with Gasteiger partial charge in [0.05, 0.1) is 18.2 Å². The molecular weight excluding hydrogens is 374 g/mol. The summed E-state index contributed by atoms with van der Waals surface area (Å²) in [6.45, 7) is 13.5. The van der Waals surface area contributed by atoms with Gasteiger partial charge >= 0.3 is 0 Å². The van der Waals surface area contributed by atoms with Crippen molar-refractivity contribution in [2.45, 2.75) is 83.7 Å². The summed E-state index contributed by atoms with van der Waals surface area (Å²) in [7, 11) is 2.04. The molecule has 0 saturated heterocycles. The first-order valence-electron chi connectivity index (χ1n) is 11.3. The van der Waals surface area contributed by atoms with Gasteiger partial charge in [-0.05, 0) is 58.8 Å². The summed E-state index contributed by atoms with van der Waals surface area (Å²) in [6.07, 6.45) is 5.01. The van der Waals surface area contributed by atoms with Crippen molar-refractivity contribution in [3.05, 3.63) is 29.0 Å². The van der Waals surface area contributed by atoms with Crippen LogP contribution in [-0.2, 0) is 22.0 Å². The van der Waals surface area contributed by atoms with Gasteiger partial charge in [0.25, 0.3) is 0 Å². The Labute approximate surface area is 180 Å². The highest BCUT2D eigenvalue weighted by molar-refractivity contribution is 6.01. The number of hydrogen-bond donors (Lipinski definition) is 3. The molecule has 4 rings (SSSR count). The first-order valence-corrected chi connectivity index (χ1v) is 11.3. The average molecular weight is 412 g/mol. The van der Waals surface area contributed by atoms with Crippen LogP contribution in [0, 0.1) is 5.92 Å². The molecule has 0 fully saturated rings. The number of likely N-dealkylation sites (N-methyl/N-ethyl adjacent to an activating group) is 1. The second-order valence-electron chi connectivity index (χ2n) is 11.0. The van der Waals surface area contributed by atoms with E-state index in [-0.39, 0.29) is 41.3 Å². The summed E-state index contributed by atoms with van der Waals surface area (Å²) in [6, 6.07) is 1.79. The van der Waals surface area contributed by atoms with Gasteiger partial charge in [-0.3, -0.25) is 4.79 Å². The number of aromatic amines is 1. The van der Waals surface area contributed by atoms with E-state index in [0.717, 1.165) is 24.1 Å². The topological polar surface area (TPSA) is 68.4 Å². The minimum atomic E-state index is -0.291. The van der Waals surface area contributed by atoms with E-state index in [2.05, 4.69) is 69.0 Å². The van der Waals surface area contributed by atoms with E-state index in [1.54, 1.807) is 0 Å². The van der Waals surface area contributed by atoms with Crippen molar-refractivity contribution in [2.75, 3.05) is 18.6 Å². The molecule has 30 heavy (non-hydrogen) atoms. The van der Waals surface area contributed by atoms with Crippen molar-refractivity contribution in [3.63, 3.8) is 0 Å². The van der Waals surface area contributed by atoms with Gasteiger partial charge in [0.1, 0.15) is 6.04 Å². The summed E-state index contributed by atoms with van der Waals surface area (Å²) in [5.41, 5.74) is 6.47. The molecule has 5 heteroatoms. The van der Waals surface area contributed by atoms with Gasteiger partial charge in [0, 0.05) is 24.3 Å². The third kappa shape index (κ3) is 3.13. The normalized spacial score (nSPS) is 25.5. The summed E-state index contributed by atoms with van der Waals surface area (Å²) in [4.78, 5) is 19.0. The molecular formula is C25H37N3O2. The number of fused-ring (bicyclic) bond motifs is 2. The maximum atomic E-state index is 13.2. The molecule has 0 bridgehead atoms. The van der Waals surface area contributed by atoms with Crippen molar-refractivity contribution in [1.29, 1.82) is 0 Å². The van der Waals surface area contributed by atoms with Crippen molar-refractivity contribution in [1.82, 2.24) is 10.3 Å². The van der Waals surface area contributed by atoms with Gasteiger partial charge in [0.2, 0.25) is 5.91 Å². The standard InChI is InChI=1S/C25H37N3O2/c1-14(2)22-23(30)27-16(13-29)10-15-12-26-21-19(15)18(28(22)7)11-17-20(21)25(5,6)9-8-24(17,3)4/h11-12,14,16,22,26,29H,8-10,13H2,1-7H3,(H,27,30)/t16-,22+/m1/s1. The molecule has 2 aliphatic rings. The Kier molecular flexibility index (Phi) is 4.96. The Balaban J connectivity index is 2.07. The number of aliphatic hydroxyl groups is 1. The third-order valence-corrected chi connectivity index (χ3v) is 7.53. The van der Waals surface area contributed by atoms with Crippen molar-refractivity contribution < 1.29 is 9.90 Å². The Morgan fingerprint density at radius 2 is 1.87 bits per heavy atom. The van der Waals surface area contributed by atoms with Crippen LogP contribution in [0.4, 0.5) is 5.69 Å². The highest BCUT2D eigenvalue weighted by Gasteiger charge is 2.41. The molecule has 2 aromatic rings. The molecule has 1 aliphatic heterocycles. The number of rotatable bonds is 2. The molecule has 164 valence electrons. The molecule has 1 aliphatic carbocycles. The maximum Gasteiger partial charge on any atom is 0.243 e. The number of aliphatic hydroxyl groups excluding tert-OH is 1. The van der Waals surface area contributed by atoms with E-state index in [4.69, 9.17) is 0 Å². The van der Waals surface area contributed by atoms with E-state index < -0.39 is 0 Å². The number of carbonyl (C=O) groups is 1. The lowest BCUT2D eigenvalue weighted by atomic mass is 9.62. The number of anilines is 1. The highest BCUT2D eigenvalue weighted by atomic mass is 16.3. The lowest BCUT2D eigenvalue weighted by molar-refractivity contribution is -0.124. The second kappa shape index (κ2) is 7.01.